The van der Waals surface area contributed by atoms with Gasteiger partial charge in [-0.15, -0.1) is 0 Å². The largest absolute Gasteiger partial charge is 0.302 e. The molecular formula is C11H20N4O2S. The average Bonchev–Trinajstić information content (AvgIpc) is 3.03. The van der Waals surface area contributed by atoms with E-state index in [0.29, 0.717) is 13.1 Å². The standard InChI is InChI=1S/C11H20N4O2S/c1-2-15(8-7-14-5-3-4-6-14)18(16,17)11-9-12-13-10-11/h9-10H,2-8H2,1H3,(H,12,13). The molecule has 1 saturated heterocycles. The third kappa shape index (κ3) is 2.90. The second-order valence-electron chi connectivity index (χ2n) is 4.48. The summed E-state index contributed by atoms with van der Waals surface area (Å²) >= 11 is 0. The van der Waals surface area contributed by atoms with Gasteiger partial charge in [0.15, 0.2) is 0 Å². The number of hydrogen-bond acceptors (Lipinski definition) is 4. The van der Waals surface area contributed by atoms with E-state index in [0.717, 1.165) is 19.6 Å². The second kappa shape index (κ2) is 5.81. The maximum absolute atomic E-state index is 12.3. The zero-order chi connectivity index (χ0) is 13.0. The first-order valence-corrected chi connectivity index (χ1v) is 7.80. The Morgan fingerprint density at radius 3 is 2.72 bits per heavy atom. The summed E-state index contributed by atoms with van der Waals surface area (Å²) in [6.07, 6.45) is 5.23. The lowest BCUT2D eigenvalue weighted by molar-refractivity contribution is 0.299. The molecule has 0 atom stereocenters. The Hall–Kier alpha value is -0.920. The van der Waals surface area contributed by atoms with Crippen LogP contribution < -0.4 is 0 Å². The topological polar surface area (TPSA) is 69.3 Å². The molecule has 6 nitrogen and oxygen atoms in total. The fourth-order valence-electron chi connectivity index (χ4n) is 2.24. The van der Waals surface area contributed by atoms with E-state index in [1.54, 1.807) is 0 Å². The molecule has 0 spiro atoms. The van der Waals surface area contributed by atoms with Crippen molar-refractivity contribution in [2.45, 2.75) is 24.7 Å². The van der Waals surface area contributed by atoms with Gasteiger partial charge in [-0.1, -0.05) is 6.92 Å². The monoisotopic (exact) mass is 272 g/mol. The molecule has 18 heavy (non-hydrogen) atoms. The van der Waals surface area contributed by atoms with Gasteiger partial charge in [0.25, 0.3) is 0 Å². The fraction of sp³-hybridized carbons (Fsp3) is 0.727. The number of aromatic amines is 1. The molecule has 0 amide bonds. The predicted octanol–water partition coefficient (Wildman–Crippen LogP) is 0.516. The SMILES string of the molecule is CCN(CCN1CCCC1)S(=O)(=O)c1cn[nH]c1. The van der Waals surface area contributed by atoms with Crippen LogP contribution in [-0.2, 0) is 10.0 Å². The maximum Gasteiger partial charge on any atom is 0.246 e. The van der Waals surface area contributed by atoms with Crippen molar-refractivity contribution in [3.05, 3.63) is 12.4 Å². The lowest BCUT2D eigenvalue weighted by Crippen LogP contribution is -2.37. The van der Waals surface area contributed by atoms with Gasteiger partial charge in [-0.2, -0.15) is 9.40 Å². The van der Waals surface area contributed by atoms with Crippen LogP contribution in [0.4, 0.5) is 0 Å². The van der Waals surface area contributed by atoms with Gasteiger partial charge in [0, 0.05) is 25.8 Å². The van der Waals surface area contributed by atoms with Crippen LogP contribution in [0.1, 0.15) is 19.8 Å². The number of nitrogens with one attached hydrogen (secondary N) is 1. The molecule has 0 radical (unpaired) electrons. The van der Waals surface area contributed by atoms with E-state index in [-0.39, 0.29) is 4.90 Å². The van der Waals surface area contributed by atoms with E-state index in [1.807, 2.05) is 6.92 Å². The van der Waals surface area contributed by atoms with Gasteiger partial charge in [-0.05, 0) is 25.9 Å². The first-order valence-electron chi connectivity index (χ1n) is 6.36. The maximum atomic E-state index is 12.3. The normalized spacial score (nSPS) is 17.7. The van der Waals surface area contributed by atoms with Crippen LogP contribution in [0.15, 0.2) is 17.3 Å². The van der Waals surface area contributed by atoms with Crippen LogP contribution in [0, 0.1) is 0 Å². The minimum atomic E-state index is -3.39. The van der Waals surface area contributed by atoms with Crippen LogP contribution in [0.3, 0.4) is 0 Å². The lowest BCUT2D eigenvalue weighted by Gasteiger charge is -2.22. The summed E-state index contributed by atoms with van der Waals surface area (Å²) in [6.45, 7) is 5.88. The zero-order valence-corrected chi connectivity index (χ0v) is 11.5. The van der Waals surface area contributed by atoms with E-state index in [4.69, 9.17) is 0 Å². The van der Waals surface area contributed by atoms with Gasteiger partial charge in [0.2, 0.25) is 10.0 Å². The number of aromatic nitrogens is 2. The highest BCUT2D eigenvalue weighted by molar-refractivity contribution is 7.89. The first kappa shape index (κ1) is 13.5. The minimum absolute atomic E-state index is 0.241. The fourth-order valence-corrected chi connectivity index (χ4v) is 3.58. The summed E-state index contributed by atoms with van der Waals surface area (Å²) in [4.78, 5) is 2.55. The number of likely N-dealkylation sites (N-methyl/N-ethyl adjacent to an activating group) is 1. The minimum Gasteiger partial charge on any atom is -0.302 e. The van der Waals surface area contributed by atoms with Gasteiger partial charge < -0.3 is 4.90 Å². The molecule has 0 aromatic carbocycles. The zero-order valence-electron chi connectivity index (χ0n) is 10.7. The number of nitrogens with zero attached hydrogens (tertiary/aromatic N) is 3. The Morgan fingerprint density at radius 2 is 2.17 bits per heavy atom. The van der Waals surface area contributed by atoms with E-state index in [1.165, 1.54) is 29.5 Å². The molecule has 0 unspecified atom stereocenters. The summed E-state index contributed by atoms with van der Waals surface area (Å²) in [5.41, 5.74) is 0. The smallest absolute Gasteiger partial charge is 0.246 e. The van der Waals surface area contributed by atoms with E-state index in [9.17, 15) is 8.42 Å². The van der Waals surface area contributed by atoms with Gasteiger partial charge in [0.1, 0.15) is 4.90 Å². The van der Waals surface area contributed by atoms with E-state index < -0.39 is 10.0 Å². The van der Waals surface area contributed by atoms with Gasteiger partial charge in [0.05, 0.1) is 6.20 Å². The van der Waals surface area contributed by atoms with Crippen LogP contribution >= 0.6 is 0 Å². The highest BCUT2D eigenvalue weighted by atomic mass is 32.2. The highest BCUT2D eigenvalue weighted by Gasteiger charge is 2.24. The molecule has 1 aliphatic heterocycles. The third-order valence-electron chi connectivity index (χ3n) is 3.33. The molecule has 102 valence electrons. The number of hydrogen-bond donors (Lipinski definition) is 1. The number of H-pyrrole nitrogens is 1. The van der Waals surface area contributed by atoms with Gasteiger partial charge >= 0.3 is 0 Å². The molecule has 7 heteroatoms. The Morgan fingerprint density at radius 1 is 1.44 bits per heavy atom. The second-order valence-corrected chi connectivity index (χ2v) is 6.42. The van der Waals surface area contributed by atoms with Crippen molar-refractivity contribution < 1.29 is 8.42 Å². The van der Waals surface area contributed by atoms with Crippen molar-refractivity contribution in [1.82, 2.24) is 19.4 Å². The number of likely N-dealkylation sites (tertiary alicyclic amines) is 1. The third-order valence-corrected chi connectivity index (χ3v) is 5.27. The summed E-state index contributed by atoms with van der Waals surface area (Å²) in [6, 6.07) is 0. The van der Waals surface area contributed by atoms with E-state index in [2.05, 4.69) is 15.1 Å². The van der Waals surface area contributed by atoms with E-state index >= 15 is 0 Å². The lowest BCUT2D eigenvalue weighted by atomic mass is 10.4. The van der Waals surface area contributed by atoms with Gasteiger partial charge in [-0.25, -0.2) is 8.42 Å². The number of sulfonamides is 1. The van der Waals surface area contributed by atoms with Crippen LogP contribution in [0.2, 0.25) is 0 Å². The van der Waals surface area contributed by atoms with Crippen molar-refractivity contribution in [3.8, 4) is 0 Å². The van der Waals surface area contributed by atoms with Crippen molar-refractivity contribution in [2.75, 3.05) is 32.7 Å². The molecule has 0 aliphatic carbocycles. The average molecular weight is 272 g/mol. The Kier molecular flexibility index (Phi) is 4.36. The molecule has 1 fully saturated rings. The number of rotatable bonds is 6. The van der Waals surface area contributed by atoms with Crippen molar-refractivity contribution >= 4 is 10.0 Å². The molecule has 0 saturated carbocycles. The first-order chi connectivity index (χ1) is 8.64. The highest BCUT2D eigenvalue weighted by Crippen LogP contribution is 2.14. The molecule has 1 aromatic heterocycles. The molecule has 1 aliphatic rings. The van der Waals surface area contributed by atoms with Crippen LogP contribution in [0.25, 0.3) is 0 Å². The van der Waals surface area contributed by atoms with Gasteiger partial charge in [-0.3, -0.25) is 5.10 Å². The summed E-state index contributed by atoms with van der Waals surface area (Å²) in [5.74, 6) is 0. The van der Waals surface area contributed by atoms with Crippen molar-refractivity contribution in [1.29, 1.82) is 0 Å². The molecule has 0 bridgehead atoms. The summed E-state index contributed by atoms with van der Waals surface area (Å²) in [5, 5.41) is 6.25. The molecule has 2 rings (SSSR count). The van der Waals surface area contributed by atoms with Crippen LogP contribution in [0.5, 0.6) is 0 Å². The molecular weight excluding hydrogens is 252 g/mol. The molecule has 1 aromatic rings. The van der Waals surface area contributed by atoms with Crippen LogP contribution in [-0.4, -0.2) is 60.5 Å². The Balaban J connectivity index is 1.99. The molecule has 1 N–H and O–H groups in total. The Bertz CT molecular complexity index is 451. The quantitative estimate of drug-likeness (QED) is 0.819. The molecule has 2 heterocycles. The predicted molar refractivity (Wildman–Crippen MR) is 68.7 cm³/mol. The van der Waals surface area contributed by atoms with Crippen molar-refractivity contribution in [3.63, 3.8) is 0 Å². The summed E-state index contributed by atoms with van der Waals surface area (Å²) < 4.78 is 26.1. The summed E-state index contributed by atoms with van der Waals surface area (Å²) in [7, 11) is -3.39. The Labute approximate surface area is 108 Å². The van der Waals surface area contributed by atoms with Crippen molar-refractivity contribution in [2.24, 2.45) is 0 Å².